The lowest BCUT2D eigenvalue weighted by Crippen LogP contribution is -2.15. The number of fused-ring (bicyclic) bond motifs is 2. The van der Waals surface area contributed by atoms with Gasteiger partial charge in [-0.1, -0.05) is 0 Å². The second kappa shape index (κ2) is 10.2. The van der Waals surface area contributed by atoms with Gasteiger partial charge in [0.15, 0.2) is 0 Å². The number of carbonyl (C=O) groups excluding carboxylic acids is 2. The third kappa shape index (κ3) is 6.55. The van der Waals surface area contributed by atoms with Gasteiger partial charge in [0, 0.05) is 23.9 Å². The normalized spacial score (nSPS) is 19.1. The van der Waals surface area contributed by atoms with Crippen LogP contribution in [0.25, 0.3) is 0 Å². The van der Waals surface area contributed by atoms with E-state index >= 15 is 0 Å². The van der Waals surface area contributed by atoms with Gasteiger partial charge in [0.2, 0.25) is 0 Å². The van der Waals surface area contributed by atoms with Crippen molar-refractivity contribution in [3.05, 3.63) is 29.6 Å². The molecule has 23 heavy (non-hydrogen) atoms. The second-order valence-electron chi connectivity index (χ2n) is 4.57. The zero-order valence-corrected chi connectivity index (χ0v) is 13.5. The van der Waals surface area contributed by atoms with E-state index in [-0.39, 0.29) is 24.3 Å². The van der Waals surface area contributed by atoms with Crippen molar-refractivity contribution in [3.63, 3.8) is 0 Å². The average molecular weight is 341 g/mol. The molecular weight excluding hydrogens is 322 g/mol. The molecule has 2 rings (SSSR count). The maximum atomic E-state index is 11.9. The van der Waals surface area contributed by atoms with E-state index < -0.39 is 11.9 Å². The number of pyridine rings is 1. The first kappa shape index (κ1) is 17.7. The van der Waals surface area contributed by atoms with Crippen LogP contribution in [0.5, 0.6) is 0 Å². The molecule has 0 spiro atoms. The van der Waals surface area contributed by atoms with E-state index in [4.69, 9.17) is 18.9 Å². The predicted molar refractivity (Wildman–Crippen MR) is 83.8 cm³/mol. The minimum absolute atomic E-state index is 0.154. The number of cyclic esters (lactones) is 2. The molecule has 0 aromatic carbocycles. The lowest BCUT2D eigenvalue weighted by atomic mass is 10.2. The molecule has 0 saturated carbocycles. The number of rotatable bonds is 0. The van der Waals surface area contributed by atoms with Crippen molar-refractivity contribution in [2.45, 2.75) is 0 Å². The van der Waals surface area contributed by atoms with Crippen LogP contribution in [0.4, 0.5) is 0 Å². The fraction of sp³-hybridized carbons (Fsp3) is 0.533. The fourth-order valence-corrected chi connectivity index (χ4v) is 2.43. The Hall–Kier alpha value is -1.64. The first-order chi connectivity index (χ1) is 11.3. The molecule has 2 bridgehead atoms. The fourth-order valence-electron chi connectivity index (χ4n) is 1.76. The van der Waals surface area contributed by atoms with Gasteiger partial charge in [-0.2, -0.15) is 11.8 Å². The molecule has 0 N–H and O–H groups in total. The van der Waals surface area contributed by atoms with Crippen LogP contribution >= 0.6 is 11.8 Å². The summed E-state index contributed by atoms with van der Waals surface area (Å²) in [6.45, 7) is 2.16. The summed E-state index contributed by atoms with van der Waals surface area (Å²) in [4.78, 5) is 27.6. The number of nitrogens with zero attached hydrogens (tertiary/aromatic N) is 1. The summed E-state index contributed by atoms with van der Waals surface area (Å²) < 4.78 is 20.9. The van der Waals surface area contributed by atoms with Crippen molar-refractivity contribution >= 4 is 23.7 Å². The zero-order valence-electron chi connectivity index (χ0n) is 12.7. The molecule has 0 amide bonds. The molecule has 0 fully saturated rings. The molecule has 0 aliphatic carbocycles. The lowest BCUT2D eigenvalue weighted by Gasteiger charge is -2.09. The molecule has 0 atom stereocenters. The van der Waals surface area contributed by atoms with Crippen molar-refractivity contribution in [2.75, 3.05) is 51.1 Å². The number of esters is 2. The second-order valence-corrected chi connectivity index (χ2v) is 5.80. The van der Waals surface area contributed by atoms with Crippen molar-refractivity contribution in [1.82, 2.24) is 4.98 Å². The van der Waals surface area contributed by atoms with E-state index in [9.17, 15) is 9.59 Å². The molecule has 2 heterocycles. The van der Waals surface area contributed by atoms with Gasteiger partial charge in [0.25, 0.3) is 0 Å². The topological polar surface area (TPSA) is 84.0 Å². The maximum absolute atomic E-state index is 11.9. The van der Waals surface area contributed by atoms with Gasteiger partial charge < -0.3 is 18.9 Å². The number of hydrogen-bond acceptors (Lipinski definition) is 8. The highest BCUT2D eigenvalue weighted by Gasteiger charge is 2.13. The summed E-state index contributed by atoms with van der Waals surface area (Å²) in [6.07, 6.45) is 2.69. The molecule has 126 valence electrons. The van der Waals surface area contributed by atoms with Crippen molar-refractivity contribution in [2.24, 2.45) is 0 Å². The SMILES string of the molecule is O=C1OCCOCCSCCOCCOC(=O)c2cncc1c2. The molecule has 1 aromatic rings. The van der Waals surface area contributed by atoms with Crippen LogP contribution in [0.1, 0.15) is 20.7 Å². The van der Waals surface area contributed by atoms with Gasteiger partial charge in [-0.3, -0.25) is 4.98 Å². The van der Waals surface area contributed by atoms with E-state index in [1.807, 2.05) is 0 Å². The highest BCUT2D eigenvalue weighted by Crippen LogP contribution is 2.07. The van der Waals surface area contributed by atoms with Gasteiger partial charge in [0.1, 0.15) is 13.2 Å². The maximum Gasteiger partial charge on any atom is 0.339 e. The largest absolute Gasteiger partial charge is 0.460 e. The van der Waals surface area contributed by atoms with Crippen LogP contribution in [0.2, 0.25) is 0 Å². The molecule has 7 nitrogen and oxygen atoms in total. The van der Waals surface area contributed by atoms with Crippen molar-refractivity contribution < 1.29 is 28.5 Å². The Morgan fingerprint density at radius 3 is 1.83 bits per heavy atom. The third-order valence-corrected chi connectivity index (χ3v) is 3.79. The number of carbonyl (C=O) groups is 2. The number of ether oxygens (including phenoxy) is 4. The summed E-state index contributed by atoms with van der Waals surface area (Å²) in [7, 11) is 0. The molecular formula is C15H19NO6S. The molecule has 1 aromatic heterocycles. The summed E-state index contributed by atoms with van der Waals surface area (Å²) in [5, 5.41) is 0. The van der Waals surface area contributed by atoms with Gasteiger partial charge in [-0.25, -0.2) is 9.59 Å². The summed E-state index contributed by atoms with van der Waals surface area (Å²) in [6, 6.07) is 1.40. The Morgan fingerprint density at radius 2 is 1.30 bits per heavy atom. The highest BCUT2D eigenvalue weighted by molar-refractivity contribution is 7.99. The zero-order chi connectivity index (χ0) is 16.3. The van der Waals surface area contributed by atoms with Crippen LogP contribution in [0, 0.1) is 0 Å². The van der Waals surface area contributed by atoms with Crippen LogP contribution < -0.4 is 0 Å². The summed E-state index contributed by atoms with van der Waals surface area (Å²) in [5.74, 6) is 0.598. The van der Waals surface area contributed by atoms with E-state index in [0.717, 1.165) is 11.5 Å². The quantitative estimate of drug-likeness (QED) is 0.650. The van der Waals surface area contributed by atoms with E-state index in [2.05, 4.69) is 4.98 Å². The summed E-state index contributed by atoms with van der Waals surface area (Å²) >= 11 is 1.71. The predicted octanol–water partition coefficient (Wildman–Crippen LogP) is 1.18. The average Bonchev–Trinajstić information content (AvgIpc) is 2.58. The van der Waals surface area contributed by atoms with Gasteiger partial charge in [-0.05, 0) is 6.07 Å². The molecule has 0 radical (unpaired) electrons. The molecule has 8 heteroatoms. The van der Waals surface area contributed by atoms with Crippen LogP contribution in [-0.2, 0) is 18.9 Å². The van der Waals surface area contributed by atoms with E-state index in [1.165, 1.54) is 18.5 Å². The van der Waals surface area contributed by atoms with Crippen molar-refractivity contribution in [1.29, 1.82) is 0 Å². The Labute approximate surface area is 138 Å². The van der Waals surface area contributed by atoms with Crippen LogP contribution in [0.15, 0.2) is 18.5 Å². The number of aromatic nitrogens is 1. The van der Waals surface area contributed by atoms with Crippen molar-refractivity contribution in [3.8, 4) is 0 Å². The minimum Gasteiger partial charge on any atom is -0.460 e. The summed E-state index contributed by atoms with van der Waals surface area (Å²) in [5.41, 5.74) is 0.403. The smallest absolute Gasteiger partial charge is 0.339 e. The van der Waals surface area contributed by atoms with E-state index in [0.29, 0.717) is 26.4 Å². The highest BCUT2D eigenvalue weighted by atomic mass is 32.2. The van der Waals surface area contributed by atoms with Gasteiger partial charge >= 0.3 is 11.9 Å². The van der Waals surface area contributed by atoms with E-state index in [1.54, 1.807) is 11.8 Å². The van der Waals surface area contributed by atoms with Crippen LogP contribution in [0.3, 0.4) is 0 Å². The number of thioether (sulfide) groups is 1. The molecule has 0 unspecified atom stereocenters. The first-order valence-electron chi connectivity index (χ1n) is 7.30. The Bertz CT molecular complexity index is 483. The Morgan fingerprint density at radius 1 is 0.783 bits per heavy atom. The van der Waals surface area contributed by atoms with Gasteiger partial charge in [-0.15, -0.1) is 0 Å². The number of hydrogen-bond donors (Lipinski definition) is 0. The third-order valence-electron chi connectivity index (χ3n) is 2.88. The lowest BCUT2D eigenvalue weighted by molar-refractivity contribution is 0.0330. The van der Waals surface area contributed by atoms with Gasteiger partial charge in [0.05, 0.1) is 37.6 Å². The molecule has 0 saturated heterocycles. The minimum atomic E-state index is -0.547. The first-order valence-corrected chi connectivity index (χ1v) is 8.45. The molecule has 1 aliphatic heterocycles. The molecule has 1 aliphatic rings. The monoisotopic (exact) mass is 341 g/mol. The Kier molecular flexibility index (Phi) is 7.85. The Balaban J connectivity index is 1.96. The van der Waals surface area contributed by atoms with Crippen LogP contribution in [-0.4, -0.2) is 68.1 Å². The standard InChI is InChI=1S/C15H19NO6S/c17-14-12-9-13(11-16-10-12)15(18)22-4-2-20-6-8-23-7-5-19-1-3-21-14/h9-11H,1-8H2.